The van der Waals surface area contributed by atoms with Crippen LogP contribution >= 0.6 is 12.4 Å². The third kappa shape index (κ3) is 11.7. The number of rotatable bonds is 8. The SMILES string of the molecule is CC(C)CCCC(C)NC(=O)CNC(=O)CN.Cl. The molecule has 0 rings (SSSR count). The Bertz CT molecular complexity index is 247. The van der Waals surface area contributed by atoms with Gasteiger partial charge in [0.15, 0.2) is 0 Å². The Labute approximate surface area is 116 Å². The number of nitrogens with two attached hydrogens (primary N) is 1. The summed E-state index contributed by atoms with van der Waals surface area (Å²) in [5.74, 6) is 0.221. The highest BCUT2D eigenvalue weighted by Gasteiger charge is 2.08. The van der Waals surface area contributed by atoms with Gasteiger partial charge in [0.2, 0.25) is 11.8 Å². The highest BCUT2D eigenvalue weighted by Crippen LogP contribution is 2.07. The number of nitrogens with one attached hydrogen (secondary N) is 2. The first-order valence-corrected chi connectivity index (χ1v) is 6.21. The summed E-state index contributed by atoms with van der Waals surface area (Å²) in [6.45, 7) is 6.27. The molecule has 0 aliphatic heterocycles. The second-order valence-electron chi connectivity index (χ2n) is 4.77. The molecule has 1 unspecified atom stereocenters. The van der Waals surface area contributed by atoms with Crippen molar-refractivity contribution in [2.75, 3.05) is 13.1 Å². The fraction of sp³-hybridized carbons (Fsp3) is 0.833. The van der Waals surface area contributed by atoms with Crippen molar-refractivity contribution in [2.45, 2.75) is 46.1 Å². The van der Waals surface area contributed by atoms with Gasteiger partial charge in [0, 0.05) is 6.04 Å². The number of hydrogen-bond donors (Lipinski definition) is 3. The van der Waals surface area contributed by atoms with Crippen molar-refractivity contribution in [1.29, 1.82) is 0 Å². The molecule has 0 saturated heterocycles. The predicted molar refractivity (Wildman–Crippen MR) is 75.6 cm³/mol. The third-order valence-electron chi connectivity index (χ3n) is 2.46. The molecule has 2 amide bonds. The van der Waals surface area contributed by atoms with E-state index in [1.54, 1.807) is 0 Å². The van der Waals surface area contributed by atoms with Crippen LogP contribution < -0.4 is 16.4 Å². The number of hydrogen-bond acceptors (Lipinski definition) is 3. The minimum atomic E-state index is -0.312. The molecule has 0 radical (unpaired) electrons. The van der Waals surface area contributed by atoms with Crippen LogP contribution in [0.3, 0.4) is 0 Å². The standard InChI is InChI=1S/C12H25N3O2.ClH/c1-9(2)5-4-6-10(3)15-12(17)8-14-11(16)7-13;/h9-10H,4-8,13H2,1-3H3,(H,14,16)(H,15,17);1H. The van der Waals surface area contributed by atoms with Gasteiger partial charge >= 0.3 is 0 Å². The van der Waals surface area contributed by atoms with Gasteiger partial charge in [0.1, 0.15) is 0 Å². The summed E-state index contributed by atoms with van der Waals surface area (Å²) in [5.41, 5.74) is 5.11. The van der Waals surface area contributed by atoms with Gasteiger partial charge in [-0.05, 0) is 19.3 Å². The van der Waals surface area contributed by atoms with Crippen LogP contribution in [0.15, 0.2) is 0 Å². The average molecular weight is 280 g/mol. The lowest BCUT2D eigenvalue weighted by atomic mass is 10.0. The Kier molecular flexibility index (Phi) is 12.2. The molecule has 0 aromatic carbocycles. The molecule has 18 heavy (non-hydrogen) atoms. The predicted octanol–water partition coefficient (Wildman–Crippen LogP) is 0.814. The van der Waals surface area contributed by atoms with Gasteiger partial charge in [-0.2, -0.15) is 0 Å². The maximum absolute atomic E-state index is 11.4. The van der Waals surface area contributed by atoms with E-state index in [9.17, 15) is 9.59 Å². The Balaban J connectivity index is 0. The molecule has 0 aromatic rings. The van der Waals surface area contributed by atoms with Crippen LogP contribution in [0.2, 0.25) is 0 Å². The first kappa shape index (κ1) is 19.5. The van der Waals surface area contributed by atoms with Crippen molar-refractivity contribution in [3.05, 3.63) is 0 Å². The van der Waals surface area contributed by atoms with Gasteiger partial charge in [0.25, 0.3) is 0 Å². The van der Waals surface area contributed by atoms with Gasteiger partial charge < -0.3 is 16.4 Å². The summed E-state index contributed by atoms with van der Waals surface area (Å²) in [4.78, 5) is 22.2. The summed E-state index contributed by atoms with van der Waals surface area (Å²) < 4.78 is 0. The van der Waals surface area contributed by atoms with Crippen LogP contribution in [-0.2, 0) is 9.59 Å². The minimum Gasteiger partial charge on any atom is -0.352 e. The minimum absolute atomic E-state index is 0. The lowest BCUT2D eigenvalue weighted by Gasteiger charge is -2.14. The second kappa shape index (κ2) is 11.3. The maximum Gasteiger partial charge on any atom is 0.239 e. The molecule has 5 nitrogen and oxygen atoms in total. The van der Waals surface area contributed by atoms with Gasteiger partial charge in [0.05, 0.1) is 13.1 Å². The average Bonchev–Trinajstić information content (AvgIpc) is 2.25. The molecule has 4 N–H and O–H groups in total. The third-order valence-corrected chi connectivity index (χ3v) is 2.46. The Morgan fingerprint density at radius 3 is 2.22 bits per heavy atom. The first-order chi connectivity index (χ1) is 7.95. The highest BCUT2D eigenvalue weighted by molar-refractivity contribution is 5.85. The largest absolute Gasteiger partial charge is 0.352 e. The van der Waals surface area contributed by atoms with Crippen LogP contribution in [0.25, 0.3) is 0 Å². The second-order valence-corrected chi connectivity index (χ2v) is 4.77. The molecule has 0 heterocycles. The van der Waals surface area contributed by atoms with Gasteiger partial charge in [-0.25, -0.2) is 0 Å². The smallest absolute Gasteiger partial charge is 0.239 e. The molecule has 6 heteroatoms. The Hall–Kier alpha value is -0.810. The summed E-state index contributed by atoms with van der Waals surface area (Å²) in [5, 5.41) is 5.27. The van der Waals surface area contributed by atoms with Crippen molar-refractivity contribution in [3.63, 3.8) is 0 Å². The van der Waals surface area contributed by atoms with E-state index in [0.29, 0.717) is 5.92 Å². The number of halogens is 1. The zero-order valence-electron chi connectivity index (χ0n) is 11.5. The fourth-order valence-corrected chi connectivity index (χ4v) is 1.48. The van der Waals surface area contributed by atoms with Crippen molar-refractivity contribution in [2.24, 2.45) is 11.7 Å². The molecule has 0 aromatic heterocycles. The number of carbonyl (C=O) groups is 2. The van der Waals surface area contributed by atoms with E-state index < -0.39 is 0 Å². The zero-order chi connectivity index (χ0) is 13.3. The topological polar surface area (TPSA) is 84.2 Å². The lowest BCUT2D eigenvalue weighted by Crippen LogP contribution is -2.42. The summed E-state index contributed by atoms with van der Waals surface area (Å²) >= 11 is 0. The van der Waals surface area contributed by atoms with Crippen LogP contribution in [0.4, 0.5) is 0 Å². The molecule has 0 aliphatic carbocycles. The van der Waals surface area contributed by atoms with Gasteiger partial charge in [-0.15, -0.1) is 12.4 Å². The van der Waals surface area contributed by atoms with Crippen LogP contribution in [0.5, 0.6) is 0 Å². The molecule has 108 valence electrons. The van der Waals surface area contributed by atoms with E-state index in [-0.39, 0.29) is 43.4 Å². The van der Waals surface area contributed by atoms with Crippen LogP contribution in [0, 0.1) is 5.92 Å². The summed E-state index contributed by atoms with van der Waals surface area (Å²) in [7, 11) is 0. The quantitative estimate of drug-likeness (QED) is 0.615. The lowest BCUT2D eigenvalue weighted by molar-refractivity contribution is -0.125. The van der Waals surface area contributed by atoms with Crippen molar-refractivity contribution in [3.8, 4) is 0 Å². The monoisotopic (exact) mass is 279 g/mol. The molecule has 0 spiro atoms. The fourth-order valence-electron chi connectivity index (χ4n) is 1.48. The van der Waals surface area contributed by atoms with Crippen LogP contribution in [0.1, 0.15) is 40.0 Å². The van der Waals surface area contributed by atoms with Crippen LogP contribution in [-0.4, -0.2) is 30.9 Å². The van der Waals surface area contributed by atoms with E-state index >= 15 is 0 Å². The Morgan fingerprint density at radius 1 is 1.11 bits per heavy atom. The molecule has 0 saturated carbocycles. The zero-order valence-corrected chi connectivity index (χ0v) is 12.3. The molecular formula is C12H26ClN3O2. The van der Waals surface area contributed by atoms with E-state index in [0.717, 1.165) is 12.8 Å². The molecular weight excluding hydrogens is 254 g/mol. The Morgan fingerprint density at radius 2 is 1.72 bits per heavy atom. The number of amides is 2. The summed E-state index contributed by atoms with van der Waals surface area (Å²) in [6, 6.07) is 0.149. The summed E-state index contributed by atoms with van der Waals surface area (Å²) in [6.07, 6.45) is 3.24. The van der Waals surface area contributed by atoms with Crippen molar-refractivity contribution in [1.82, 2.24) is 10.6 Å². The highest BCUT2D eigenvalue weighted by atomic mass is 35.5. The van der Waals surface area contributed by atoms with Crippen molar-refractivity contribution >= 4 is 24.2 Å². The van der Waals surface area contributed by atoms with Gasteiger partial charge in [-0.3, -0.25) is 9.59 Å². The van der Waals surface area contributed by atoms with Gasteiger partial charge in [-0.1, -0.05) is 26.7 Å². The molecule has 0 fully saturated rings. The maximum atomic E-state index is 11.4. The van der Waals surface area contributed by atoms with Crippen molar-refractivity contribution < 1.29 is 9.59 Å². The number of carbonyl (C=O) groups excluding carboxylic acids is 2. The molecule has 0 bridgehead atoms. The van der Waals surface area contributed by atoms with E-state index in [1.807, 2.05) is 6.92 Å². The molecule has 1 atom stereocenters. The van der Waals surface area contributed by atoms with E-state index in [1.165, 1.54) is 6.42 Å². The molecule has 0 aliphatic rings. The van der Waals surface area contributed by atoms with E-state index in [2.05, 4.69) is 24.5 Å². The first-order valence-electron chi connectivity index (χ1n) is 6.21. The van der Waals surface area contributed by atoms with E-state index in [4.69, 9.17) is 5.73 Å². The normalized spacial score (nSPS) is 11.6.